The Morgan fingerprint density at radius 2 is 0.627 bits per heavy atom. The second kappa shape index (κ2) is 40.6. The summed E-state index contributed by atoms with van der Waals surface area (Å²) in [7, 11) is 0. The van der Waals surface area contributed by atoms with Gasteiger partial charge in [0, 0.05) is 25.7 Å². The highest BCUT2D eigenvalue weighted by atomic mass is 16.6. The van der Waals surface area contributed by atoms with Gasteiger partial charge >= 0.3 is 23.9 Å². The summed E-state index contributed by atoms with van der Waals surface area (Å²) in [6.07, 6.45) is 21.5. The SMILES string of the molecule is CC(C)CCCCCC(=O)O.CC(C)CCCCCC(=O)O.CC(C)CCCCCCC(=O)OCCOCCOC(=O)CCCCCCC(C)C. The first kappa shape index (κ1) is 53.2. The van der Waals surface area contributed by atoms with E-state index in [1.807, 2.05) is 0 Å². The summed E-state index contributed by atoms with van der Waals surface area (Å²) < 4.78 is 15.6. The highest BCUT2D eigenvalue weighted by Gasteiger charge is 2.05. The molecule has 0 spiro atoms. The van der Waals surface area contributed by atoms with Gasteiger partial charge in [-0.05, 0) is 49.4 Å². The first-order valence-corrected chi connectivity index (χ1v) is 20.5. The number of hydrogen-bond donors (Lipinski definition) is 2. The van der Waals surface area contributed by atoms with Crippen LogP contribution in [0.5, 0.6) is 0 Å². The molecule has 51 heavy (non-hydrogen) atoms. The lowest BCUT2D eigenvalue weighted by atomic mass is 10.0. The normalized spacial score (nSPS) is 10.9. The maximum absolute atomic E-state index is 11.6. The zero-order chi connectivity index (χ0) is 39.1. The predicted octanol–water partition coefficient (Wildman–Crippen LogP) is 11.4. The molecule has 0 heterocycles. The molecule has 0 atom stereocenters. The van der Waals surface area contributed by atoms with Crippen molar-refractivity contribution in [1.82, 2.24) is 0 Å². The molecule has 0 aromatic carbocycles. The van der Waals surface area contributed by atoms with Crippen LogP contribution in [0.25, 0.3) is 0 Å². The van der Waals surface area contributed by atoms with Gasteiger partial charge in [0.05, 0.1) is 13.2 Å². The van der Waals surface area contributed by atoms with E-state index in [-0.39, 0.29) is 25.2 Å². The fraction of sp³-hybridized carbons (Fsp3) is 0.905. The van der Waals surface area contributed by atoms with Gasteiger partial charge in [0.25, 0.3) is 0 Å². The second-order valence-electron chi connectivity index (χ2n) is 15.5. The molecule has 0 aliphatic heterocycles. The molecule has 0 bridgehead atoms. The van der Waals surface area contributed by atoms with Crippen LogP contribution in [0.4, 0.5) is 0 Å². The molecule has 0 saturated heterocycles. The summed E-state index contributed by atoms with van der Waals surface area (Å²) in [5.74, 6) is 1.36. The summed E-state index contributed by atoms with van der Waals surface area (Å²) in [4.78, 5) is 43.4. The zero-order valence-electron chi connectivity index (χ0n) is 34.4. The average Bonchev–Trinajstić information content (AvgIpc) is 3.03. The van der Waals surface area contributed by atoms with Crippen molar-refractivity contribution >= 4 is 23.9 Å². The summed E-state index contributed by atoms with van der Waals surface area (Å²) in [6, 6.07) is 0. The predicted molar refractivity (Wildman–Crippen MR) is 209 cm³/mol. The van der Waals surface area contributed by atoms with E-state index in [4.69, 9.17) is 24.4 Å². The Labute approximate surface area is 313 Å². The lowest BCUT2D eigenvalue weighted by molar-refractivity contribution is -0.147. The van der Waals surface area contributed by atoms with Crippen molar-refractivity contribution in [3.63, 3.8) is 0 Å². The van der Waals surface area contributed by atoms with E-state index in [2.05, 4.69) is 55.4 Å². The summed E-state index contributed by atoms with van der Waals surface area (Å²) in [5.41, 5.74) is 0. The van der Waals surface area contributed by atoms with Crippen molar-refractivity contribution in [3.05, 3.63) is 0 Å². The zero-order valence-corrected chi connectivity index (χ0v) is 34.4. The van der Waals surface area contributed by atoms with Crippen molar-refractivity contribution in [2.24, 2.45) is 23.7 Å². The molecule has 0 aliphatic rings. The number of carbonyl (C=O) groups is 4. The summed E-state index contributed by atoms with van der Waals surface area (Å²) in [5, 5.41) is 16.6. The number of aliphatic carboxylic acids is 2. The maximum atomic E-state index is 11.6. The second-order valence-corrected chi connectivity index (χ2v) is 15.5. The van der Waals surface area contributed by atoms with Crippen LogP contribution in [0.1, 0.15) is 197 Å². The van der Waals surface area contributed by atoms with Gasteiger partial charge in [0.1, 0.15) is 13.2 Å². The van der Waals surface area contributed by atoms with E-state index in [1.165, 1.54) is 64.2 Å². The topological polar surface area (TPSA) is 136 Å². The minimum atomic E-state index is -0.672. The van der Waals surface area contributed by atoms with Crippen molar-refractivity contribution in [1.29, 1.82) is 0 Å². The highest BCUT2D eigenvalue weighted by Crippen LogP contribution is 2.13. The van der Waals surface area contributed by atoms with E-state index in [9.17, 15) is 19.2 Å². The van der Waals surface area contributed by atoms with Gasteiger partial charge in [-0.1, -0.05) is 145 Å². The Balaban J connectivity index is -0.000000851. The van der Waals surface area contributed by atoms with Gasteiger partial charge in [0.2, 0.25) is 0 Å². The van der Waals surface area contributed by atoms with Crippen molar-refractivity contribution < 1.29 is 43.6 Å². The van der Waals surface area contributed by atoms with Crippen molar-refractivity contribution in [2.75, 3.05) is 26.4 Å². The molecule has 9 heteroatoms. The third-order valence-corrected chi connectivity index (χ3v) is 8.15. The Morgan fingerprint density at radius 1 is 0.373 bits per heavy atom. The van der Waals surface area contributed by atoms with Gasteiger partial charge in [-0.2, -0.15) is 0 Å². The van der Waals surface area contributed by atoms with Crippen LogP contribution in [-0.2, 0) is 33.4 Å². The minimum Gasteiger partial charge on any atom is -0.481 e. The standard InChI is InChI=1S/C24H46O5.2C9H18O2/c1-21(2)13-9-5-7-11-15-23(25)28-19-17-27-18-20-29-24(26)16-12-8-6-10-14-22(3)4;2*1-8(2)6-4-3-5-7-9(10)11/h21-22H,5-20H2,1-4H3;2*8H,3-7H2,1-2H3,(H,10,11). The maximum Gasteiger partial charge on any atom is 0.305 e. The lowest BCUT2D eigenvalue weighted by Crippen LogP contribution is -2.14. The summed E-state index contributed by atoms with van der Waals surface area (Å²) >= 11 is 0. The van der Waals surface area contributed by atoms with Crippen LogP contribution in [0.2, 0.25) is 0 Å². The molecular formula is C42H82O9. The third-order valence-electron chi connectivity index (χ3n) is 8.15. The highest BCUT2D eigenvalue weighted by molar-refractivity contribution is 5.69. The third kappa shape index (κ3) is 57.4. The molecule has 0 saturated carbocycles. The van der Waals surface area contributed by atoms with Gasteiger partial charge in [0.15, 0.2) is 0 Å². The van der Waals surface area contributed by atoms with E-state index in [0.29, 0.717) is 38.9 Å². The van der Waals surface area contributed by atoms with E-state index < -0.39 is 11.9 Å². The molecule has 2 N–H and O–H groups in total. The Kier molecular flexibility index (Phi) is 42.4. The Morgan fingerprint density at radius 3 is 0.902 bits per heavy atom. The molecule has 0 aliphatic carbocycles. The molecule has 0 rings (SSSR count). The molecule has 0 unspecified atom stereocenters. The van der Waals surface area contributed by atoms with Crippen LogP contribution >= 0.6 is 0 Å². The number of ether oxygens (including phenoxy) is 3. The Bertz CT molecular complexity index is 729. The fourth-order valence-corrected chi connectivity index (χ4v) is 5.04. The summed E-state index contributed by atoms with van der Waals surface area (Å²) in [6.45, 7) is 18.9. The number of carboxylic acid groups (broad SMARTS) is 2. The number of hydrogen-bond acceptors (Lipinski definition) is 7. The molecule has 0 aromatic heterocycles. The number of rotatable bonds is 32. The van der Waals surface area contributed by atoms with Crippen LogP contribution in [0.3, 0.4) is 0 Å². The van der Waals surface area contributed by atoms with Gasteiger partial charge < -0.3 is 24.4 Å². The first-order chi connectivity index (χ1) is 24.2. The molecule has 0 fully saturated rings. The Hall–Kier alpha value is -2.16. The smallest absolute Gasteiger partial charge is 0.305 e. The first-order valence-electron chi connectivity index (χ1n) is 20.5. The van der Waals surface area contributed by atoms with Crippen LogP contribution < -0.4 is 0 Å². The minimum absolute atomic E-state index is 0.155. The van der Waals surface area contributed by atoms with Crippen LogP contribution in [0, 0.1) is 23.7 Å². The lowest BCUT2D eigenvalue weighted by Gasteiger charge is -2.08. The molecule has 304 valence electrons. The van der Waals surface area contributed by atoms with E-state index >= 15 is 0 Å². The number of carbonyl (C=O) groups excluding carboxylic acids is 2. The monoisotopic (exact) mass is 731 g/mol. The number of unbranched alkanes of at least 4 members (excludes halogenated alkanes) is 10. The quantitative estimate of drug-likeness (QED) is 0.0511. The molecule has 0 radical (unpaired) electrons. The van der Waals surface area contributed by atoms with Gasteiger partial charge in [-0.15, -0.1) is 0 Å². The molecule has 9 nitrogen and oxygen atoms in total. The van der Waals surface area contributed by atoms with Gasteiger partial charge in [-0.3, -0.25) is 19.2 Å². The largest absolute Gasteiger partial charge is 0.481 e. The number of esters is 2. The number of carboxylic acids is 2. The van der Waals surface area contributed by atoms with Crippen molar-refractivity contribution in [2.45, 2.75) is 197 Å². The molecule has 0 amide bonds. The van der Waals surface area contributed by atoms with Crippen LogP contribution in [0.15, 0.2) is 0 Å². The van der Waals surface area contributed by atoms with Gasteiger partial charge in [-0.25, -0.2) is 0 Å². The molecular weight excluding hydrogens is 648 g/mol. The molecule has 0 aromatic rings. The van der Waals surface area contributed by atoms with E-state index in [0.717, 1.165) is 75.0 Å². The van der Waals surface area contributed by atoms with Crippen LogP contribution in [-0.4, -0.2) is 60.5 Å². The fourth-order valence-electron chi connectivity index (χ4n) is 5.04. The van der Waals surface area contributed by atoms with E-state index in [1.54, 1.807) is 0 Å². The average molecular weight is 731 g/mol. The van der Waals surface area contributed by atoms with Crippen molar-refractivity contribution in [3.8, 4) is 0 Å².